The third-order valence-corrected chi connectivity index (χ3v) is 4.63. The molecule has 0 bridgehead atoms. The number of carbonyl (C=O) groups is 1. The van der Waals surface area contributed by atoms with E-state index in [0.29, 0.717) is 17.3 Å². The van der Waals surface area contributed by atoms with Crippen LogP contribution in [0.3, 0.4) is 0 Å². The Kier molecular flexibility index (Phi) is 3.93. The van der Waals surface area contributed by atoms with Gasteiger partial charge >= 0.3 is 0 Å². The van der Waals surface area contributed by atoms with E-state index in [-0.39, 0.29) is 11.8 Å². The Hall–Kier alpha value is -2.79. The first kappa shape index (κ1) is 15.7. The molecule has 0 saturated heterocycles. The van der Waals surface area contributed by atoms with Crippen LogP contribution < -0.4 is 10.1 Å². The number of aromatic nitrogens is 2. The number of amides is 1. The maximum absolute atomic E-state index is 12.3. The first-order valence-electron chi connectivity index (χ1n) is 7.93. The molecule has 1 aliphatic rings. The number of fused-ring (bicyclic) bond motifs is 1. The number of hydrogen-bond acceptors (Lipinski definition) is 3. The van der Waals surface area contributed by atoms with Crippen molar-refractivity contribution in [2.75, 3.05) is 12.4 Å². The fraction of sp³-hybridized carbons (Fsp3) is 0.158. The normalized spacial score (nSPS) is 16.2. The van der Waals surface area contributed by atoms with Gasteiger partial charge in [-0.15, -0.1) is 0 Å². The summed E-state index contributed by atoms with van der Waals surface area (Å²) >= 11 is 6.09. The van der Waals surface area contributed by atoms with E-state index in [1.54, 1.807) is 17.9 Å². The van der Waals surface area contributed by atoms with E-state index in [1.807, 2.05) is 48.7 Å². The number of methoxy groups -OCH3 is 1. The number of halogens is 1. The van der Waals surface area contributed by atoms with Crippen LogP contribution in [-0.4, -0.2) is 22.8 Å². The summed E-state index contributed by atoms with van der Waals surface area (Å²) < 4.78 is 6.93. The molecule has 6 heteroatoms. The highest BCUT2D eigenvalue weighted by atomic mass is 35.5. The van der Waals surface area contributed by atoms with E-state index in [9.17, 15) is 4.79 Å². The van der Waals surface area contributed by atoms with Gasteiger partial charge in [-0.1, -0.05) is 29.8 Å². The molecule has 0 radical (unpaired) electrons. The second-order valence-corrected chi connectivity index (χ2v) is 6.35. The summed E-state index contributed by atoms with van der Waals surface area (Å²) in [6.45, 7) is 0. The fourth-order valence-electron chi connectivity index (χ4n) is 3.16. The van der Waals surface area contributed by atoms with Crippen LogP contribution in [0.4, 0.5) is 5.82 Å². The third kappa shape index (κ3) is 2.87. The van der Waals surface area contributed by atoms with Gasteiger partial charge in [-0.25, -0.2) is 4.68 Å². The molecule has 5 nitrogen and oxygen atoms in total. The summed E-state index contributed by atoms with van der Waals surface area (Å²) in [5.74, 6) is 1.41. The minimum Gasteiger partial charge on any atom is -0.497 e. The molecule has 1 atom stereocenters. The van der Waals surface area contributed by atoms with Crippen molar-refractivity contribution in [2.24, 2.45) is 0 Å². The van der Waals surface area contributed by atoms with E-state index in [1.165, 1.54) is 0 Å². The van der Waals surface area contributed by atoms with Crippen molar-refractivity contribution in [3.8, 4) is 11.4 Å². The molecule has 1 unspecified atom stereocenters. The lowest BCUT2D eigenvalue weighted by Gasteiger charge is -2.24. The molecule has 3 aromatic rings. The lowest BCUT2D eigenvalue weighted by atomic mass is 9.87. The van der Waals surface area contributed by atoms with Gasteiger partial charge in [0, 0.05) is 22.9 Å². The number of benzene rings is 2. The van der Waals surface area contributed by atoms with Crippen LogP contribution in [0.2, 0.25) is 5.02 Å². The predicted molar refractivity (Wildman–Crippen MR) is 96.7 cm³/mol. The summed E-state index contributed by atoms with van der Waals surface area (Å²) in [5, 5.41) is 8.04. The van der Waals surface area contributed by atoms with Crippen molar-refractivity contribution in [1.82, 2.24) is 9.78 Å². The number of carbonyl (C=O) groups excluding carboxylic acids is 1. The molecule has 2 aromatic carbocycles. The first-order valence-corrected chi connectivity index (χ1v) is 8.31. The molecule has 0 aliphatic carbocycles. The average molecular weight is 354 g/mol. The lowest BCUT2D eigenvalue weighted by Crippen LogP contribution is -2.24. The highest BCUT2D eigenvalue weighted by molar-refractivity contribution is 6.30. The molecule has 25 heavy (non-hydrogen) atoms. The Bertz CT molecular complexity index is 934. The zero-order valence-electron chi connectivity index (χ0n) is 13.6. The van der Waals surface area contributed by atoms with Crippen molar-refractivity contribution < 1.29 is 9.53 Å². The highest BCUT2D eigenvalue weighted by Crippen LogP contribution is 2.38. The number of anilines is 1. The molecule has 1 aromatic heterocycles. The van der Waals surface area contributed by atoms with E-state index in [0.717, 1.165) is 22.6 Å². The molecule has 1 aliphatic heterocycles. The van der Waals surface area contributed by atoms with Gasteiger partial charge in [-0.05, 0) is 35.9 Å². The highest BCUT2D eigenvalue weighted by Gasteiger charge is 2.30. The van der Waals surface area contributed by atoms with Crippen molar-refractivity contribution in [3.63, 3.8) is 0 Å². The van der Waals surface area contributed by atoms with Crippen molar-refractivity contribution in [3.05, 3.63) is 70.9 Å². The fourth-order valence-corrected chi connectivity index (χ4v) is 3.34. The van der Waals surface area contributed by atoms with Gasteiger partial charge in [0.05, 0.1) is 19.0 Å². The Labute approximate surface area is 150 Å². The smallest absolute Gasteiger partial charge is 0.226 e. The quantitative estimate of drug-likeness (QED) is 0.774. The van der Waals surface area contributed by atoms with E-state index < -0.39 is 0 Å². The zero-order chi connectivity index (χ0) is 17.4. The molecule has 1 amide bonds. The van der Waals surface area contributed by atoms with Gasteiger partial charge in [0.25, 0.3) is 0 Å². The van der Waals surface area contributed by atoms with Gasteiger partial charge in [0.2, 0.25) is 5.91 Å². The number of nitrogens with zero attached hydrogens (tertiary/aromatic N) is 2. The minimum atomic E-state index is -0.0393. The number of nitrogens with one attached hydrogen (secondary N) is 1. The van der Waals surface area contributed by atoms with Crippen LogP contribution in [0.25, 0.3) is 5.69 Å². The monoisotopic (exact) mass is 353 g/mol. The minimum absolute atomic E-state index is 0.0305. The number of rotatable bonds is 3. The molecule has 0 saturated carbocycles. The van der Waals surface area contributed by atoms with Gasteiger partial charge in [-0.3, -0.25) is 4.79 Å². The SMILES string of the molecule is COc1ccc(C2CC(=O)Nc3c2cnn3-c2cccc(Cl)c2)cc1. The summed E-state index contributed by atoms with van der Waals surface area (Å²) in [4.78, 5) is 12.3. The molecule has 4 rings (SSSR count). The Balaban J connectivity index is 1.78. The van der Waals surface area contributed by atoms with E-state index in [2.05, 4.69) is 10.4 Å². The molecular formula is C19H16ClN3O2. The zero-order valence-corrected chi connectivity index (χ0v) is 14.3. The lowest BCUT2D eigenvalue weighted by molar-refractivity contribution is -0.116. The largest absolute Gasteiger partial charge is 0.497 e. The Morgan fingerprint density at radius 3 is 2.76 bits per heavy atom. The van der Waals surface area contributed by atoms with Crippen molar-refractivity contribution >= 4 is 23.3 Å². The topological polar surface area (TPSA) is 56.1 Å². The van der Waals surface area contributed by atoms with Crippen LogP contribution in [0.15, 0.2) is 54.7 Å². The number of ether oxygens (including phenoxy) is 1. The molecule has 0 spiro atoms. The molecule has 1 N–H and O–H groups in total. The maximum Gasteiger partial charge on any atom is 0.226 e. The number of hydrogen-bond donors (Lipinski definition) is 1. The standard InChI is InChI=1S/C19H16ClN3O2/c1-25-15-7-5-12(6-8-15)16-10-18(24)22-19-17(16)11-21-23(19)14-4-2-3-13(20)9-14/h2-9,11,16H,10H2,1H3,(H,22,24). The van der Waals surface area contributed by atoms with Crippen LogP contribution in [-0.2, 0) is 4.79 Å². The summed E-state index contributed by atoms with van der Waals surface area (Å²) in [6, 6.07) is 15.2. The third-order valence-electron chi connectivity index (χ3n) is 4.39. The second-order valence-electron chi connectivity index (χ2n) is 5.92. The van der Waals surface area contributed by atoms with Crippen LogP contribution in [0.1, 0.15) is 23.5 Å². The van der Waals surface area contributed by atoms with E-state index >= 15 is 0 Å². The van der Waals surface area contributed by atoms with Crippen molar-refractivity contribution in [2.45, 2.75) is 12.3 Å². The van der Waals surface area contributed by atoms with Crippen LogP contribution in [0.5, 0.6) is 5.75 Å². The van der Waals surface area contributed by atoms with Crippen molar-refractivity contribution in [1.29, 1.82) is 0 Å². The average Bonchev–Trinajstić information content (AvgIpc) is 3.05. The maximum atomic E-state index is 12.3. The van der Waals surface area contributed by atoms with Gasteiger partial charge < -0.3 is 10.1 Å². The van der Waals surface area contributed by atoms with Gasteiger partial charge in [0.1, 0.15) is 11.6 Å². The van der Waals surface area contributed by atoms with Crippen LogP contribution in [0, 0.1) is 0 Å². The summed E-state index contributed by atoms with van der Waals surface area (Å²) in [7, 11) is 1.64. The van der Waals surface area contributed by atoms with E-state index in [4.69, 9.17) is 16.3 Å². The summed E-state index contributed by atoms with van der Waals surface area (Å²) in [6.07, 6.45) is 2.20. The summed E-state index contributed by atoms with van der Waals surface area (Å²) in [5.41, 5.74) is 2.86. The second kappa shape index (κ2) is 6.26. The molecule has 2 heterocycles. The Morgan fingerprint density at radius 2 is 2.04 bits per heavy atom. The van der Waals surface area contributed by atoms with Gasteiger partial charge in [0.15, 0.2) is 0 Å². The molecular weight excluding hydrogens is 338 g/mol. The molecule has 0 fully saturated rings. The Morgan fingerprint density at radius 1 is 1.24 bits per heavy atom. The van der Waals surface area contributed by atoms with Crippen LogP contribution >= 0.6 is 11.6 Å². The van der Waals surface area contributed by atoms with Gasteiger partial charge in [-0.2, -0.15) is 5.10 Å². The molecule has 126 valence electrons. The first-order chi connectivity index (χ1) is 12.2. The predicted octanol–water partition coefficient (Wildman–Crippen LogP) is 4.01.